The minimum Gasteiger partial charge on any atom is -0.396 e. The fourth-order valence-electron chi connectivity index (χ4n) is 2.52. The maximum Gasteiger partial charge on any atom is 0.129 e. The predicted octanol–water partition coefficient (Wildman–Crippen LogP) is 2.14. The molecule has 17 heavy (non-hydrogen) atoms. The molecule has 0 saturated heterocycles. The summed E-state index contributed by atoms with van der Waals surface area (Å²) in [6, 6.07) is 2.24. The first-order valence-corrected chi connectivity index (χ1v) is 6.46. The van der Waals surface area contributed by atoms with E-state index in [-0.39, 0.29) is 6.61 Å². The quantitative estimate of drug-likeness (QED) is 0.788. The molecule has 0 spiro atoms. The first kappa shape index (κ1) is 12.3. The lowest BCUT2D eigenvalue weighted by Gasteiger charge is -2.25. The third-order valence-corrected chi connectivity index (χ3v) is 3.50. The van der Waals surface area contributed by atoms with Crippen molar-refractivity contribution in [2.75, 3.05) is 11.9 Å². The summed E-state index contributed by atoms with van der Waals surface area (Å²) >= 11 is 0. The number of aliphatic hydroxyl groups is 1. The Labute approximate surface area is 102 Å². The zero-order valence-corrected chi connectivity index (χ0v) is 10.4. The van der Waals surface area contributed by atoms with Crippen molar-refractivity contribution in [2.45, 2.75) is 45.1 Å². The van der Waals surface area contributed by atoms with Crippen LogP contribution in [0.3, 0.4) is 0 Å². The van der Waals surface area contributed by atoms with E-state index < -0.39 is 0 Å². The summed E-state index contributed by atoms with van der Waals surface area (Å²) in [7, 11) is 0. The van der Waals surface area contributed by atoms with Crippen molar-refractivity contribution in [2.24, 2.45) is 5.92 Å². The van der Waals surface area contributed by atoms with Gasteiger partial charge in [-0.25, -0.2) is 9.97 Å². The molecular weight excluding hydrogens is 214 g/mol. The van der Waals surface area contributed by atoms with E-state index in [1.807, 2.05) is 13.0 Å². The first-order chi connectivity index (χ1) is 8.29. The number of aliphatic hydroxyl groups excluding tert-OH is 1. The molecule has 0 radical (unpaired) electrons. The second kappa shape index (κ2) is 5.96. The van der Waals surface area contributed by atoms with Gasteiger partial charge in [0.1, 0.15) is 11.6 Å². The second-order valence-electron chi connectivity index (χ2n) is 4.82. The number of nitrogens with zero attached hydrogens (tertiary/aromatic N) is 2. The van der Waals surface area contributed by atoms with E-state index in [1.54, 1.807) is 6.20 Å². The van der Waals surface area contributed by atoms with E-state index in [0.29, 0.717) is 12.0 Å². The fourth-order valence-corrected chi connectivity index (χ4v) is 2.52. The predicted molar refractivity (Wildman–Crippen MR) is 67.8 cm³/mol. The van der Waals surface area contributed by atoms with Crippen LogP contribution >= 0.6 is 0 Å². The largest absolute Gasteiger partial charge is 0.396 e. The highest BCUT2D eigenvalue weighted by atomic mass is 16.3. The van der Waals surface area contributed by atoms with Crippen LogP contribution in [0.25, 0.3) is 0 Å². The zero-order chi connectivity index (χ0) is 12.1. The average molecular weight is 235 g/mol. The molecule has 4 heteroatoms. The van der Waals surface area contributed by atoms with Gasteiger partial charge in [-0.1, -0.05) is 19.3 Å². The number of hydrogen-bond acceptors (Lipinski definition) is 4. The molecule has 4 nitrogen and oxygen atoms in total. The summed E-state index contributed by atoms with van der Waals surface area (Å²) in [6.45, 7) is 2.16. The van der Waals surface area contributed by atoms with Crippen LogP contribution in [0.1, 0.15) is 37.9 Å². The highest BCUT2D eigenvalue weighted by Gasteiger charge is 2.23. The zero-order valence-electron chi connectivity index (χ0n) is 10.4. The minimum atomic E-state index is 0.266. The summed E-state index contributed by atoms with van der Waals surface area (Å²) in [5.74, 6) is 2.01. The normalized spacial score (nSPS) is 25.3. The summed E-state index contributed by atoms with van der Waals surface area (Å²) in [5, 5.41) is 12.9. The van der Waals surface area contributed by atoms with Gasteiger partial charge < -0.3 is 10.4 Å². The highest BCUT2D eigenvalue weighted by Crippen LogP contribution is 2.25. The van der Waals surface area contributed by atoms with Crippen LogP contribution in [0, 0.1) is 12.8 Å². The molecule has 2 atom stereocenters. The molecule has 1 aromatic heterocycles. The molecule has 0 aliphatic heterocycles. The Hall–Kier alpha value is -1.16. The summed E-state index contributed by atoms with van der Waals surface area (Å²) in [4.78, 5) is 8.45. The second-order valence-corrected chi connectivity index (χ2v) is 4.82. The lowest BCUT2D eigenvalue weighted by Crippen LogP contribution is -2.31. The van der Waals surface area contributed by atoms with Crippen molar-refractivity contribution >= 4 is 5.82 Å². The Morgan fingerprint density at radius 1 is 1.35 bits per heavy atom. The molecule has 2 unspecified atom stereocenters. The molecule has 0 amide bonds. The molecule has 0 bridgehead atoms. The van der Waals surface area contributed by atoms with Crippen LogP contribution in [0.5, 0.6) is 0 Å². The molecular formula is C13H21N3O. The van der Waals surface area contributed by atoms with E-state index in [0.717, 1.165) is 24.5 Å². The highest BCUT2D eigenvalue weighted by molar-refractivity contribution is 5.34. The topological polar surface area (TPSA) is 58.0 Å². The van der Waals surface area contributed by atoms with Gasteiger partial charge in [0.2, 0.25) is 0 Å². The van der Waals surface area contributed by atoms with Crippen LogP contribution in [-0.4, -0.2) is 27.7 Å². The summed E-state index contributed by atoms with van der Waals surface area (Å²) < 4.78 is 0. The Kier molecular flexibility index (Phi) is 4.31. The monoisotopic (exact) mass is 235 g/mol. The minimum absolute atomic E-state index is 0.266. The van der Waals surface area contributed by atoms with Gasteiger partial charge in [-0.2, -0.15) is 0 Å². The van der Waals surface area contributed by atoms with Crippen molar-refractivity contribution < 1.29 is 5.11 Å². The SMILES string of the molecule is Cc1nccc(NC2CCCCCC2CO)n1. The van der Waals surface area contributed by atoms with Crippen LogP contribution in [0.15, 0.2) is 12.3 Å². The van der Waals surface area contributed by atoms with E-state index in [2.05, 4.69) is 15.3 Å². The van der Waals surface area contributed by atoms with Crippen LogP contribution in [0.4, 0.5) is 5.82 Å². The fraction of sp³-hybridized carbons (Fsp3) is 0.692. The van der Waals surface area contributed by atoms with Crippen LogP contribution in [-0.2, 0) is 0 Å². The molecule has 1 aliphatic rings. The Bertz CT molecular complexity index is 356. The van der Waals surface area contributed by atoms with Gasteiger partial charge in [0.15, 0.2) is 0 Å². The smallest absolute Gasteiger partial charge is 0.129 e. The molecule has 1 saturated carbocycles. The molecule has 2 rings (SSSR count). The van der Waals surface area contributed by atoms with E-state index in [4.69, 9.17) is 0 Å². The van der Waals surface area contributed by atoms with Crippen molar-refractivity contribution in [1.82, 2.24) is 9.97 Å². The van der Waals surface area contributed by atoms with Crippen molar-refractivity contribution in [3.05, 3.63) is 18.1 Å². The van der Waals surface area contributed by atoms with Gasteiger partial charge >= 0.3 is 0 Å². The average Bonchev–Trinajstić information content (AvgIpc) is 2.54. The summed E-state index contributed by atoms with van der Waals surface area (Å²) in [5.41, 5.74) is 0. The van der Waals surface area contributed by atoms with Crippen molar-refractivity contribution in [3.63, 3.8) is 0 Å². The molecule has 1 aromatic rings. The van der Waals surface area contributed by atoms with Gasteiger partial charge in [0.05, 0.1) is 0 Å². The third kappa shape index (κ3) is 3.40. The number of nitrogens with one attached hydrogen (secondary N) is 1. The maximum atomic E-state index is 9.45. The third-order valence-electron chi connectivity index (χ3n) is 3.50. The molecule has 1 aliphatic carbocycles. The van der Waals surface area contributed by atoms with E-state index >= 15 is 0 Å². The summed E-state index contributed by atoms with van der Waals surface area (Å²) in [6.07, 6.45) is 7.74. The van der Waals surface area contributed by atoms with Gasteiger partial charge in [0, 0.05) is 24.8 Å². The molecule has 1 fully saturated rings. The maximum absolute atomic E-state index is 9.45. The standard InChI is InChI=1S/C13H21N3O/c1-10-14-8-7-13(15-10)16-12-6-4-2-3-5-11(12)9-17/h7-8,11-12,17H,2-6,9H2,1H3,(H,14,15,16). The van der Waals surface area contributed by atoms with Gasteiger partial charge in [-0.05, 0) is 25.8 Å². The van der Waals surface area contributed by atoms with Crippen LogP contribution < -0.4 is 5.32 Å². The number of rotatable bonds is 3. The lowest BCUT2D eigenvalue weighted by atomic mass is 9.96. The lowest BCUT2D eigenvalue weighted by molar-refractivity contribution is 0.203. The number of aromatic nitrogens is 2. The van der Waals surface area contributed by atoms with E-state index in [1.165, 1.54) is 19.3 Å². The van der Waals surface area contributed by atoms with Gasteiger partial charge in [-0.15, -0.1) is 0 Å². The van der Waals surface area contributed by atoms with Gasteiger partial charge in [0.25, 0.3) is 0 Å². The number of aryl methyl sites for hydroxylation is 1. The van der Waals surface area contributed by atoms with E-state index in [9.17, 15) is 5.11 Å². The van der Waals surface area contributed by atoms with Crippen molar-refractivity contribution in [1.29, 1.82) is 0 Å². The van der Waals surface area contributed by atoms with Crippen molar-refractivity contribution in [3.8, 4) is 0 Å². The Balaban J connectivity index is 2.04. The number of anilines is 1. The Morgan fingerprint density at radius 2 is 2.18 bits per heavy atom. The molecule has 2 N–H and O–H groups in total. The Morgan fingerprint density at radius 3 is 2.94 bits per heavy atom. The first-order valence-electron chi connectivity index (χ1n) is 6.46. The molecule has 1 heterocycles. The van der Waals surface area contributed by atoms with Gasteiger partial charge in [-0.3, -0.25) is 0 Å². The van der Waals surface area contributed by atoms with Crippen LogP contribution in [0.2, 0.25) is 0 Å². The number of hydrogen-bond donors (Lipinski definition) is 2. The molecule has 94 valence electrons. The molecule has 0 aromatic carbocycles.